The van der Waals surface area contributed by atoms with Gasteiger partial charge in [0, 0.05) is 12.4 Å². The number of nitrogen functional groups attached to an aromatic ring is 1. The summed E-state index contributed by atoms with van der Waals surface area (Å²) in [6.07, 6.45) is 0. The number of aromatic nitrogens is 1. The van der Waals surface area contributed by atoms with Crippen molar-refractivity contribution >= 4 is 16.6 Å². The van der Waals surface area contributed by atoms with Crippen molar-refractivity contribution in [3.63, 3.8) is 0 Å². The van der Waals surface area contributed by atoms with Crippen LogP contribution in [0.2, 0.25) is 0 Å². The van der Waals surface area contributed by atoms with Gasteiger partial charge in [-0.15, -0.1) is 0 Å². The number of rotatable bonds is 3. The van der Waals surface area contributed by atoms with Crippen LogP contribution < -0.4 is 10.5 Å². The summed E-state index contributed by atoms with van der Waals surface area (Å²) in [5.74, 6) is 0.876. The first-order chi connectivity index (χ1) is 9.25. The van der Waals surface area contributed by atoms with Crippen LogP contribution in [-0.4, -0.2) is 4.57 Å². The molecule has 0 radical (unpaired) electrons. The Morgan fingerprint density at radius 1 is 1.05 bits per heavy atom. The van der Waals surface area contributed by atoms with Crippen molar-refractivity contribution in [2.24, 2.45) is 7.05 Å². The molecule has 1 aromatic heterocycles. The average Bonchev–Trinajstić information content (AvgIpc) is 2.76. The summed E-state index contributed by atoms with van der Waals surface area (Å²) in [4.78, 5) is 0. The number of fused-ring (bicyclic) bond motifs is 1. The second kappa shape index (κ2) is 4.69. The summed E-state index contributed by atoms with van der Waals surface area (Å²) in [6, 6.07) is 17.9. The third-order valence-electron chi connectivity index (χ3n) is 3.32. The summed E-state index contributed by atoms with van der Waals surface area (Å²) >= 11 is 0. The highest BCUT2D eigenvalue weighted by atomic mass is 16.5. The smallest absolute Gasteiger partial charge is 0.128 e. The molecule has 0 bridgehead atoms. The van der Waals surface area contributed by atoms with E-state index in [1.165, 1.54) is 0 Å². The quantitative estimate of drug-likeness (QED) is 0.726. The Morgan fingerprint density at radius 3 is 2.58 bits per heavy atom. The van der Waals surface area contributed by atoms with Gasteiger partial charge in [0.25, 0.3) is 0 Å². The van der Waals surface area contributed by atoms with E-state index in [0.717, 1.165) is 28.0 Å². The van der Waals surface area contributed by atoms with Gasteiger partial charge in [0.1, 0.15) is 12.4 Å². The summed E-state index contributed by atoms with van der Waals surface area (Å²) in [5, 5.41) is 1.15. The van der Waals surface area contributed by atoms with Crippen LogP contribution in [0.25, 0.3) is 10.9 Å². The number of hydrogen-bond acceptors (Lipinski definition) is 2. The van der Waals surface area contributed by atoms with Gasteiger partial charge in [-0.05, 0) is 24.3 Å². The molecule has 19 heavy (non-hydrogen) atoms. The number of ether oxygens (including phenoxy) is 1. The number of anilines is 1. The van der Waals surface area contributed by atoms with E-state index in [9.17, 15) is 0 Å². The van der Waals surface area contributed by atoms with E-state index in [-0.39, 0.29) is 0 Å². The second-order valence-electron chi connectivity index (χ2n) is 4.58. The number of hydrogen-bond donors (Lipinski definition) is 1. The maximum atomic E-state index is 6.02. The van der Waals surface area contributed by atoms with Crippen LogP contribution in [0.3, 0.4) is 0 Å². The summed E-state index contributed by atoms with van der Waals surface area (Å²) in [7, 11) is 2.02. The van der Waals surface area contributed by atoms with Crippen LogP contribution in [0.1, 0.15) is 5.69 Å². The van der Waals surface area contributed by atoms with Gasteiger partial charge in [-0.1, -0.05) is 30.3 Å². The molecule has 2 aromatic carbocycles. The normalized spacial score (nSPS) is 10.8. The molecule has 0 atom stereocenters. The van der Waals surface area contributed by atoms with E-state index >= 15 is 0 Å². The number of nitrogens with zero attached hydrogens (tertiary/aromatic N) is 1. The Hall–Kier alpha value is -2.42. The van der Waals surface area contributed by atoms with E-state index in [4.69, 9.17) is 10.5 Å². The molecule has 3 nitrogen and oxygen atoms in total. The molecule has 0 saturated heterocycles. The van der Waals surface area contributed by atoms with Crippen molar-refractivity contribution in [1.29, 1.82) is 0 Å². The molecule has 3 rings (SSSR count). The zero-order chi connectivity index (χ0) is 13.2. The second-order valence-corrected chi connectivity index (χ2v) is 4.58. The minimum absolute atomic E-state index is 0.536. The maximum Gasteiger partial charge on any atom is 0.128 e. The lowest BCUT2D eigenvalue weighted by Crippen LogP contribution is -2.02. The highest BCUT2D eigenvalue weighted by Crippen LogP contribution is 2.24. The molecule has 96 valence electrons. The molecular weight excluding hydrogens is 236 g/mol. The molecule has 0 spiro atoms. The molecule has 1 heterocycles. The minimum atomic E-state index is 0.536. The van der Waals surface area contributed by atoms with Crippen molar-refractivity contribution in [1.82, 2.24) is 4.57 Å². The van der Waals surface area contributed by atoms with E-state index in [2.05, 4.69) is 16.7 Å². The van der Waals surface area contributed by atoms with Crippen molar-refractivity contribution in [3.8, 4) is 5.75 Å². The molecule has 0 aliphatic rings. The van der Waals surface area contributed by atoms with Crippen LogP contribution in [0, 0.1) is 0 Å². The van der Waals surface area contributed by atoms with Crippen molar-refractivity contribution in [2.45, 2.75) is 6.61 Å². The molecule has 3 aromatic rings. The first-order valence-electron chi connectivity index (χ1n) is 6.26. The lowest BCUT2D eigenvalue weighted by molar-refractivity contribution is 0.298. The Labute approximate surface area is 112 Å². The van der Waals surface area contributed by atoms with Gasteiger partial charge in [0.2, 0.25) is 0 Å². The van der Waals surface area contributed by atoms with Gasteiger partial charge in [-0.3, -0.25) is 0 Å². The van der Waals surface area contributed by atoms with E-state index < -0.39 is 0 Å². The number of nitrogens with two attached hydrogens (primary N) is 1. The third kappa shape index (κ3) is 2.15. The number of benzene rings is 2. The molecular formula is C16H16N2O. The first-order valence-corrected chi connectivity index (χ1v) is 6.26. The van der Waals surface area contributed by atoms with E-state index in [0.29, 0.717) is 6.61 Å². The standard InChI is InChI=1S/C16H16N2O/c1-18-13(11-19-14-7-3-2-4-8-14)10-12-6-5-9-15(17)16(12)18/h2-10H,11,17H2,1H3. The average molecular weight is 252 g/mol. The number of aryl methyl sites for hydroxylation is 1. The van der Waals surface area contributed by atoms with Crippen LogP contribution in [0.4, 0.5) is 5.69 Å². The fraction of sp³-hybridized carbons (Fsp3) is 0.125. The largest absolute Gasteiger partial charge is 0.487 e. The first kappa shape index (κ1) is 11.7. The van der Waals surface area contributed by atoms with E-state index in [1.54, 1.807) is 0 Å². The molecule has 2 N–H and O–H groups in total. The van der Waals surface area contributed by atoms with Gasteiger partial charge in [0.05, 0.1) is 16.9 Å². The molecule has 0 fully saturated rings. The van der Waals surface area contributed by atoms with Crippen molar-refractivity contribution in [3.05, 3.63) is 60.3 Å². The molecule has 0 saturated carbocycles. The van der Waals surface area contributed by atoms with Gasteiger partial charge >= 0.3 is 0 Å². The monoisotopic (exact) mass is 252 g/mol. The zero-order valence-electron chi connectivity index (χ0n) is 10.8. The third-order valence-corrected chi connectivity index (χ3v) is 3.32. The highest BCUT2D eigenvalue weighted by molar-refractivity contribution is 5.91. The van der Waals surface area contributed by atoms with Gasteiger partial charge in [0.15, 0.2) is 0 Å². The predicted octanol–water partition coefficient (Wildman–Crippen LogP) is 3.34. The number of para-hydroxylation sites is 2. The van der Waals surface area contributed by atoms with Crippen LogP contribution in [0.15, 0.2) is 54.6 Å². The summed E-state index contributed by atoms with van der Waals surface area (Å²) in [5.41, 5.74) is 8.99. The molecule has 0 amide bonds. The SMILES string of the molecule is Cn1c(COc2ccccc2)cc2cccc(N)c21. The van der Waals surface area contributed by atoms with Gasteiger partial charge in [-0.25, -0.2) is 0 Å². The van der Waals surface area contributed by atoms with Crippen LogP contribution in [0.5, 0.6) is 5.75 Å². The predicted molar refractivity (Wildman–Crippen MR) is 78.1 cm³/mol. The topological polar surface area (TPSA) is 40.2 Å². The van der Waals surface area contributed by atoms with Crippen LogP contribution in [-0.2, 0) is 13.7 Å². The van der Waals surface area contributed by atoms with Gasteiger partial charge in [-0.2, -0.15) is 0 Å². The molecule has 0 unspecified atom stereocenters. The van der Waals surface area contributed by atoms with Crippen molar-refractivity contribution in [2.75, 3.05) is 5.73 Å². The fourth-order valence-electron chi connectivity index (χ4n) is 2.32. The molecule has 0 aliphatic heterocycles. The zero-order valence-corrected chi connectivity index (χ0v) is 10.8. The molecule has 3 heteroatoms. The van der Waals surface area contributed by atoms with Crippen molar-refractivity contribution < 1.29 is 4.74 Å². The van der Waals surface area contributed by atoms with Gasteiger partial charge < -0.3 is 15.0 Å². The van der Waals surface area contributed by atoms with Crippen LogP contribution >= 0.6 is 0 Å². The maximum absolute atomic E-state index is 6.02. The summed E-state index contributed by atoms with van der Waals surface area (Å²) < 4.78 is 7.87. The Morgan fingerprint density at radius 2 is 1.84 bits per heavy atom. The Bertz CT molecular complexity index is 701. The van der Waals surface area contributed by atoms with E-state index in [1.807, 2.05) is 49.5 Å². The summed E-state index contributed by atoms with van der Waals surface area (Å²) in [6.45, 7) is 0.536. The fourth-order valence-corrected chi connectivity index (χ4v) is 2.32. The molecule has 0 aliphatic carbocycles. The minimum Gasteiger partial charge on any atom is -0.487 e. The highest BCUT2D eigenvalue weighted by Gasteiger charge is 2.08. The lowest BCUT2D eigenvalue weighted by atomic mass is 10.2. The Kier molecular flexibility index (Phi) is 2.88. The lowest BCUT2D eigenvalue weighted by Gasteiger charge is -2.08. The Balaban J connectivity index is 1.90.